The summed E-state index contributed by atoms with van der Waals surface area (Å²) in [7, 11) is 3.34. The number of ether oxygens (including phenoxy) is 2. The molecular formula is C12H13IO2. The minimum atomic E-state index is 0.806. The summed E-state index contributed by atoms with van der Waals surface area (Å²) in [5.41, 5.74) is 2.62. The molecule has 0 radical (unpaired) electrons. The van der Waals surface area contributed by atoms with E-state index in [1.165, 1.54) is 14.7 Å². The molecule has 2 rings (SSSR count). The molecule has 2 nitrogen and oxygen atoms in total. The van der Waals surface area contributed by atoms with Crippen LogP contribution < -0.4 is 9.47 Å². The van der Waals surface area contributed by atoms with Crippen molar-refractivity contribution in [3.8, 4) is 11.5 Å². The molecular weight excluding hydrogens is 303 g/mol. The van der Waals surface area contributed by atoms with Crippen molar-refractivity contribution in [3.63, 3.8) is 0 Å². The lowest BCUT2D eigenvalue weighted by molar-refractivity contribution is 0.354. The summed E-state index contributed by atoms with van der Waals surface area (Å²) >= 11 is 2.37. The molecule has 0 amide bonds. The van der Waals surface area contributed by atoms with Crippen LogP contribution >= 0.6 is 22.6 Å². The van der Waals surface area contributed by atoms with Crippen molar-refractivity contribution in [1.29, 1.82) is 0 Å². The zero-order valence-electron chi connectivity index (χ0n) is 8.84. The van der Waals surface area contributed by atoms with Crippen LogP contribution in [-0.4, -0.2) is 14.2 Å². The van der Waals surface area contributed by atoms with E-state index < -0.39 is 0 Å². The highest BCUT2D eigenvalue weighted by molar-refractivity contribution is 14.1. The first-order valence-electron chi connectivity index (χ1n) is 4.87. The molecule has 0 N–H and O–H groups in total. The quantitative estimate of drug-likeness (QED) is 0.778. The van der Waals surface area contributed by atoms with E-state index in [-0.39, 0.29) is 0 Å². The molecule has 1 aliphatic rings. The van der Waals surface area contributed by atoms with Crippen LogP contribution in [0, 0.1) is 0 Å². The predicted molar refractivity (Wildman–Crippen MR) is 69.9 cm³/mol. The van der Waals surface area contributed by atoms with Crippen LogP contribution in [0.1, 0.15) is 17.5 Å². The third-order valence-corrected chi connectivity index (χ3v) is 3.63. The van der Waals surface area contributed by atoms with Crippen molar-refractivity contribution in [1.82, 2.24) is 0 Å². The van der Waals surface area contributed by atoms with Gasteiger partial charge in [0.05, 0.1) is 14.2 Å². The number of methoxy groups -OCH3 is 2. The lowest BCUT2D eigenvalue weighted by atomic mass is 9.97. The van der Waals surface area contributed by atoms with Gasteiger partial charge in [0, 0.05) is 3.58 Å². The number of aryl methyl sites for hydroxylation is 1. The average molecular weight is 316 g/mol. The predicted octanol–water partition coefficient (Wildman–Crippen LogP) is 3.43. The molecule has 0 aromatic heterocycles. The average Bonchev–Trinajstić information content (AvgIpc) is 2.28. The SMILES string of the molecule is COc1cc2c(cc1OC)C(I)=CCC2. The summed E-state index contributed by atoms with van der Waals surface area (Å²) in [6.45, 7) is 0. The number of fused-ring (bicyclic) bond motifs is 1. The molecule has 0 bridgehead atoms. The fourth-order valence-electron chi connectivity index (χ4n) is 1.81. The summed E-state index contributed by atoms with van der Waals surface area (Å²) < 4.78 is 11.9. The van der Waals surface area contributed by atoms with Crippen molar-refractivity contribution < 1.29 is 9.47 Å². The fourth-order valence-corrected chi connectivity index (χ4v) is 2.63. The summed E-state index contributed by atoms with van der Waals surface area (Å²) in [6, 6.07) is 4.14. The van der Waals surface area contributed by atoms with Gasteiger partial charge in [-0.3, -0.25) is 0 Å². The van der Waals surface area contributed by atoms with Gasteiger partial charge in [-0.1, -0.05) is 6.08 Å². The second kappa shape index (κ2) is 4.43. The lowest BCUT2D eigenvalue weighted by Crippen LogP contribution is -2.00. The number of hydrogen-bond acceptors (Lipinski definition) is 2. The Morgan fingerprint density at radius 1 is 1.13 bits per heavy atom. The first-order chi connectivity index (χ1) is 7.26. The Balaban J connectivity index is 2.55. The van der Waals surface area contributed by atoms with Gasteiger partial charge in [0.15, 0.2) is 11.5 Å². The van der Waals surface area contributed by atoms with E-state index in [2.05, 4.69) is 40.8 Å². The van der Waals surface area contributed by atoms with E-state index in [4.69, 9.17) is 9.47 Å². The van der Waals surface area contributed by atoms with E-state index >= 15 is 0 Å². The van der Waals surface area contributed by atoms with E-state index in [0.717, 1.165) is 24.3 Å². The molecule has 0 saturated carbocycles. The maximum absolute atomic E-state index is 5.30. The lowest BCUT2D eigenvalue weighted by Gasteiger charge is -2.17. The molecule has 0 heterocycles. The molecule has 1 aromatic carbocycles. The summed E-state index contributed by atoms with van der Waals surface area (Å²) in [5.74, 6) is 1.63. The number of rotatable bonds is 2. The molecule has 0 fully saturated rings. The minimum absolute atomic E-state index is 0.806. The van der Waals surface area contributed by atoms with E-state index in [0.29, 0.717) is 0 Å². The normalized spacial score (nSPS) is 14.2. The smallest absolute Gasteiger partial charge is 0.161 e. The molecule has 80 valence electrons. The molecule has 0 aliphatic heterocycles. The monoisotopic (exact) mass is 316 g/mol. The maximum Gasteiger partial charge on any atom is 0.161 e. The van der Waals surface area contributed by atoms with Gasteiger partial charge in [0.25, 0.3) is 0 Å². The van der Waals surface area contributed by atoms with Crippen molar-refractivity contribution in [2.45, 2.75) is 12.8 Å². The first kappa shape index (κ1) is 10.8. The Bertz CT molecular complexity index is 410. The second-order valence-corrected chi connectivity index (χ2v) is 4.62. The molecule has 0 spiro atoms. The van der Waals surface area contributed by atoms with Gasteiger partial charge in [0.2, 0.25) is 0 Å². The van der Waals surface area contributed by atoms with E-state index in [9.17, 15) is 0 Å². The Kier molecular flexibility index (Phi) is 3.19. The van der Waals surface area contributed by atoms with Gasteiger partial charge in [0.1, 0.15) is 0 Å². The summed E-state index contributed by atoms with van der Waals surface area (Å²) in [4.78, 5) is 0. The summed E-state index contributed by atoms with van der Waals surface area (Å²) in [5, 5.41) is 0. The molecule has 0 saturated heterocycles. The standard InChI is InChI=1S/C12H13IO2/c1-14-11-6-8-4-3-5-10(13)9(8)7-12(11)15-2/h5-7H,3-4H2,1-2H3. The van der Waals surface area contributed by atoms with Crippen molar-refractivity contribution >= 4 is 26.2 Å². The molecule has 0 atom stereocenters. The highest BCUT2D eigenvalue weighted by atomic mass is 127. The second-order valence-electron chi connectivity index (χ2n) is 3.46. The first-order valence-corrected chi connectivity index (χ1v) is 5.95. The number of hydrogen-bond donors (Lipinski definition) is 0. The van der Waals surface area contributed by atoms with Crippen LogP contribution in [0.2, 0.25) is 0 Å². The molecule has 1 aromatic rings. The van der Waals surface area contributed by atoms with Crippen LogP contribution in [-0.2, 0) is 6.42 Å². The third-order valence-electron chi connectivity index (χ3n) is 2.60. The van der Waals surface area contributed by atoms with Crippen molar-refractivity contribution in [2.75, 3.05) is 14.2 Å². The zero-order chi connectivity index (χ0) is 10.8. The number of halogens is 1. The maximum atomic E-state index is 5.30. The van der Waals surface area contributed by atoms with Gasteiger partial charge in [-0.05, 0) is 58.7 Å². The zero-order valence-corrected chi connectivity index (χ0v) is 11.0. The van der Waals surface area contributed by atoms with Gasteiger partial charge in [-0.25, -0.2) is 0 Å². The molecule has 3 heteroatoms. The Morgan fingerprint density at radius 2 is 1.80 bits per heavy atom. The van der Waals surface area contributed by atoms with Gasteiger partial charge in [-0.15, -0.1) is 0 Å². The molecule has 0 unspecified atom stereocenters. The number of benzene rings is 1. The molecule has 15 heavy (non-hydrogen) atoms. The molecule has 1 aliphatic carbocycles. The Morgan fingerprint density at radius 3 is 2.47 bits per heavy atom. The van der Waals surface area contributed by atoms with Crippen LogP contribution in [0.3, 0.4) is 0 Å². The third kappa shape index (κ3) is 1.97. The van der Waals surface area contributed by atoms with E-state index in [1.54, 1.807) is 14.2 Å². The minimum Gasteiger partial charge on any atom is -0.493 e. The highest BCUT2D eigenvalue weighted by Crippen LogP contribution is 2.38. The van der Waals surface area contributed by atoms with Gasteiger partial charge >= 0.3 is 0 Å². The largest absolute Gasteiger partial charge is 0.493 e. The fraction of sp³-hybridized carbons (Fsp3) is 0.333. The van der Waals surface area contributed by atoms with Gasteiger partial charge in [-0.2, -0.15) is 0 Å². The Labute approximate surface area is 103 Å². The highest BCUT2D eigenvalue weighted by Gasteiger charge is 2.15. The van der Waals surface area contributed by atoms with Crippen molar-refractivity contribution in [2.24, 2.45) is 0 Å². The van der Waals surface area contributed by atoms with Crippen LogP contribution in [0.25, 0.3) is 3.58 Å². The topological polar surface area (TPSA) is 18.5 Å². The Hall–Kier alpha value is -0.710. The van der Waals surface area contributed by atoms with Crippen molar-refractivity contribution in [3.05, 3.63) is 29.3 Å². The van der Waals surface area contributed by atoms with Crippen LogP contribution in [0.5, 0.6) is 11.5 Å². The van der Waals surface area contributed by atoms with Crippen LogP contribution in [0.4, 0.5) is 0 Å². The van der Waals surface area contributed by atoms with Crippen LogP contribution in [0.15, 0.2) is 18.2 Å². The summed E-state index contributed by atoms with van der Waals surface area (Å²) in [6.07, 6.45) is 4.46. The van der Waals surface area contributed by atoms with Gasteiger partial charge < -0.3 is 9.47 Å². The number of allylic oxidation sites excluding steroid dienone is 1. The van der Waals surface area contributed by atoms with E-state index in [1.807, 2.05) is 0 Å².